The first kappa shape index (κ1) is 21.1. The Morgan fingerprint density at radius 1 is 0.938 bits per heavy atom. The normalized spacial score (nSPS) is 11.8. The third kappa shape index (κ3) is 4.16. The highest BCUT2D eigenvalue weighted by atomic mass is 16.4. The van der Waals surface area contributed by atoms with Crippen LogP contribution in [0.2, 0.25) is 0 Å². The van der Waals surface area contributed by atoms with Crippen LogP contribution in [-0.2, 0) is 4.79 Å². The van der Waals surface area contributed by atoms with Crippen molar-refractivity contribution in [3.05, 3.63) is 105 Å². The number of carbonyl (C=O) groups excluding carboxylic acids is 1. The molecule has 0 bridgehead atoms. The molecular weight excluding hydrogens is 406 g/mol. The number of benzene rings is 3. The molecule has 0 aliphatic rings. The van der Waals surface area contributed by atoms with Crippen molar-refractivity contribution >= 4 is 22.8 Å². The molecule has 0 saturated heterocycles. The predicted molar refractivity (Wildman–Crippen MR) is 122 cm³/mol. The van der Waals surface area contributed by atoms with Gasteiger partial charge in [0.05, 0.1) is 5.39 Å². The summed E-state index contributed by atoms with van der Waals surface area (Å²) in [5.74, 6) is -1.27. The first-order chi connectivity index (χ1) is 15.3. The number of aliphatic carboxylic acids is 1. The van der Waals surface area contributed by atoms with E-state index in [1.54, 1.807) is 60.7 Å². The number of nitrogens with one attached hydrogen (secondary N) is 1. The topological polar surface area (TPSA) is 96.6 Å². The fourth-order valence-corrected chi connectivity index (χ4v) is 3.68. The zero-order valence-corrected chi connectivity index (χ0v) is 17.6. The summed E-state index contributed by atoms with van der Waals surface area (Å²) in [6.45, 7) is 3.82. The van der Waals surface area contributed by atoms with Gasteiger partial charge >= 0.3 is 5.97 Å². The van der Waals surface area contributed by atoms with Gasteiger partial charge in [0.2, 0.25) is 0 Å². The van der Waals surface area contributed by atoms with Gasteiger partial charge in [0, 0.05) is 17.2 Å². The van der Waals surface area contributed by atoms with Gasteiger partial charge in [0.25, 0.3) is 5.91 Å². The van der Waals surface area contributed by atoms with Gasteiger partial charge in [0.15, 0.2) is 11.5 Å². The van der Waals surface area contributed by atoms with Crippen molar-refractivity contribution in [2.24, 2.45) is 0 Å². The molecule has 2 N–H and O–H groups in total. The molecule has 1 amide bonds. The monoisotopic (exact) mass is 427 g/mol. The smallest absolute Gasteiger partial charge is 0.330 e. The van der Waals surface area contributed by atoms with Crippen LogP contribution < -0.4 is 10.7 Å². The molecule has 1 heterocycles. The second-order valence-corrected chi connectivity index (χ2v) is 7.67. The average molecular weight is 427 g/mol. The van der Waals surface area contributed by atoms with E-state index < -0.39 is 17.9 Å². The van der Waals surface area contributed by atoms with E-state index in [1.165, 1.54) is 6.07 Å². The quantitative estimate of drug-likeness (QED) is 0.484. The van der Waals surface area contributed by atoms with E-state index in [0.29, 0.717) is 33.4 Å². The Morgan fingerprint density at radius 2 is 1.62 bits per heavy atom. The summed E-state index contributed by atoms with van der Waals surface area (Å²) in [6, 6.07) is 19.0. The summed E-state index contributed by atoms with van der Waals surface area (Å²) in [5, 5.41) is 12.6. The van der Waals surface area contributed by atoms with Crippen LogP contribution in [0.15, 0.2) is 82.0 Å². The van der Waals surface area contributed by atoms with Crippen LogP contribution >= 0.6 is 0 Å². The van der Waals surface area contributed by atoms with Crippen LogP contribution in [0, 0.1) is 13.8 Å². The highest BCUT2D eigenvalue weighted by molar-refractivity contribution is 5.97. The molecule has 1 unspecified atom stereocenters. The number of hydrogen-bond donors (Lipinski definition) is 2. The molecule has 0 radical (unpaired) electrons. The van der Waals surface area contributed by atoms with Crippen LogP contribution in [0.4, 0.5) is 0 Å². The maximum Gasteiger partial charge on any atom is 0.330 e. The molecule has 0 fully saturated rings. The van der Waals surface area contributed by atoms with Gasteiger partial charge in [-0.3, -0.25) is 9.59 Å². The molecular formula is C26H21NO5. The largest absolute Gasteiger partial charge is 0.479 e. The van der Waals surface area contributed by atoms with Gasteiger partial charge in [-0.1, -0.05) is 48.5 Å². The number of carboxylic acid groups (broad SMARTS) is 1. The van der Waals surface area contributed by atoms with Gasteiger partial charge in [-0.05, 0) is 48.7 Å². The molecule has 0 aliphatic heterocycles. The summed E-state index contributed by atoms with van der Waals surface area (Å²) in [6.07, 6.45) is 0. The van der Waals surface area contributed by atoms with Crippen LogP contribution in [0.1, 0.15) is 33.1 Å². The fraction of sp³-hybridized carbons (Fsp3) is 0.115. The molecule has 4 rings (SSSR count). The summed E-state index contributed by atoms with van der Waals surface area (Å²) >= 11 is 0. The van der Waals surface area contributed by atoms with Crippen molar-refractivity contribution in [2.45, 2.75) is 19.9 Å². The Kier molecular flexibility index (Phi) is 5.60. The van der Waals surface area contributed by atoms with Gasteiger partial charge < -0.3 is 14.8 Å². The van der Waals surface area contributed by atoms with Gasteiger partial charge in [-0.25, -0.2) is 4.79 Å². The minimum absolute atomic E-state index is 0.137. The third-order valence-corrected chi connectivity index (χ3v) is 5.25. The Labute approximate surface area is 184 Å². The summed E-state index contributed by atoms with van der Waals surface area (Å²) in [4.78, 5) is 36.9. The molecule has 1 atom stereocenters. The minimum Gasteiger partial charge on any atom is -0.479 e. The van der Waals surface area contributed by atoms with Crippen molar-refractivity contribution in [1.82, 2.24) is 5.32 Å². The van der Waals surface area contributed by atoms with Gasteiger partial charge in [-0.15, -0.1) is 0 Å². The third-order valence-electron chi connectivity index (χ3n) is 5.25. The maximum atomic E-state index is 12.6. The lowest BCUT2D eigenvalue weighted by Crippen LogP contribution is -2.33. The van der Waals surface area contributed by atoms with Gasteiger partial charge in [0.1, 0.15) is 11.3 Å². The lowest BCUT2D eigenvalue weighted by molar-refractivity contribution is -0.139. The van der Waals surface area contributed by atoms with Crippen LogP contribution in [0.25, 0.3) is 22.3 Å². The SMILES string of the molecule is Cc1cc(C)c2oc(-c3ccc(C(=O)NC(C(=O)O)c4ccccc4)cc3)cc(=O)c2c1. The summed E-state index contributed by atoms with van der Waals surface area (Å²) in [7, 11) is 0. The lowest BCUT2D eigenvalue weighted by Gasteiger charge is -2.15. The highest BCUT2D eigenvalue weighted by Crippen LogP contribution is 2.25. The average Bonchev–Trinajstić information content (AvgIpc) is 2.78. The van der Waals surface area contributed by atoms with E-state index in [0.717, 1.165) is 11.1 Å². The molecule has 4 aromatic rings. The zero-order chi connectivity index (χ0) is 22.8. The van der Waals surface area contributed by atoms with Crippen molar-refractivity contribution in [1.29, 1.82) is 0 Å². The van der Waals surface area contributed by atoms with E-state index in [1.807, 2.05) is 19.9 Å². The van der Waals surface area contributed by atoms with Crippen molar-refractivity contribution in [3.8, 4) is 11.3 Å². The molecule has 1 aromatic heterocycles. The van der Waals surface area contributed by atoms with Crippen molar-refractivity contribution < 1.29 is 19.1 Å². The van der Waals surface area contributed by atoms with E-state index in [4.69, 9.17) is 4.42 Å². The zero-order valence-electron chi connectivity index (χ0n) is 17.6. The van der Waals surface area contributed by atoms with Gasteiger partial charge in [-0.2, -0.15) is 0 Å². The number of carbonyl (C=O) groups is 2. The van der Waals surface area contributed by atoms with E-state index in [2.05, 4.69) is 5.32 Å². The fourth-order valence-electron chi connectivity index (χ4n) is 3.68. The summed E-state index contributed by atoms with van der Waals surface area (Å²) in [5.41, 5.74) is 3.67. The molecule has 0 aliphatic carbocycles. The first-order valence-corrected chi connectivity index (χ1v) is 10.1. The molecule has 6 nitrogen and oxygen atoms in total. The molecule has 3 aromatic carbocycles. The Morgan fingerprint density at radius 3 is 2.28 bits per heavy atom. The Bertz CT molecular complexity index is 1370. The molecule has 0 spiro atoms. The van der Waals surface area contributed by atoms with Crippen molar-refractivity contribution in [3.63, 3.8) is 0 Å². The predicted octanol–water partition coefficient (Wildman–Crippen LogP) is 4.63. The Balaban J connectivity index is 1.61. The highest BCUT2D eigenvalue weighted by Gasteiger charge is 2.22. The second-order valence-electron chi connectivity index (χ2n) is 7.67. The van der Waals surface area contributed by atoms with Crippen LogP contribution in [-0.4, -0.2) is 17.0 Å². The second kappa shape index (κ2) is 8.51. The number of carboxylic acids is 1. The number of aryl methyl sites for hydroxylation is 2. The number of fused-ring (bicyclic) bond motifs is 1. The number of hydrogen-bond acceptors (Lipinski definition) is 4. The lowest BCUT2D eigenvalue weighted by atomic mass is 10.0. The summed E-state index contributed by atoms with van der Waals surface area (Å²) < 4.78 is 5.99. The molecule has 32 heavy (non-hydrogen) atoms. The standard InChI is InChI=1S/C26H21NO5/c1-15-12-16(2)24-20(13-15)21(28)14-22(32-24)17-8-10-19(11-9-17)25(29)27-23(26(30)31)18-6-4-3-5-7-18/h3-14,23H,1-2H3,(H,27,29)(H,30,31). The van der Waals surface area contributed by atoms with Crippen molar-refractivity contribution in [2.75, 3.05) is 0 Å². The minimum atomic E-state index is -1.16. The van der Waals surface area contributed by atoms with E-state index in [-0.39, 0.29) is 5.43 Å². The van der Waals surface area contributed by atoms with E-state index >= 15 is 0 Å². The molecule has 6 heteroatoms. The maximum absolute atomic E-state index is 12.6. The number of amides is 1. The van der Waals surface area contributed by atoms with Crippen LogP contribution in [0.5, 0.6) is 0 Å². The van der Waals surface area contributed by atoms with Crippen LogP contribution in [0.3, 0.4) is 0 Å². The Hall–Kier alpha value is -4.19. The molecule has 160 valence electrons. The molecule has 0 saturated carbocycles. The first-order valence-electron chi connectivity index (χ1n) is 10.1. The number of rotatable bonds is 5. The van der Waals surface area contributed by atoms with E-state index in [9.17, 15) is 19.5 Å².